The number of thioether (sulfide) groups is 1. The number of hydrogen-bond acceptors (Lipinski definition) is 2. The fraction of sp³-hybridized carbons (Fsp3) is 1.00. The predicted octanol–water partition coefficient (Wildman–Crippen LogP) is 2.93. The molecule has 74 valence electrons. The molecule has 0 radical (unpaired) electrons. The molecule has 0 saturated heterocycles. The Kier molecular flexibility index (Phi) is 8.14. The first kappa shape index (κ1) is 12.3. The van der Waals surface area contributed by atoms with Crippen molar-refractivity contribution in [2.75, 3.05) is 12.0 Å². The number of aliphatic hydroxyl groups is 1. The third-order valence-electron chi connectivity index (χ3n) is 2.30. The topological polar surface area (TPSA) is 20.2 Å². The van der Waals surface area contributed by atoms with Crippen molar-refractivity contribution in [2.45, 2.75) is 45.6 Å². The molecule has 0 saturated carbocycles. The Labute approximate surface area is 80.9 Å². The predicted molar refractivity (Wildman–Crippen MR) is 57.7 cm³/mol. The summed E-state index contributed by atoms with van der Waals surface area (Å²) in [5.74, 6) is 2.09. The molecule has 0 rings (SSSR count). The van der Waals surface area contributed by atoms with Crippen molar-refractivity contribution in [1.82, 2.24) is 0 Å². The van der Waals surface area contributed by atoms with Gasteiger partial charge in [-0.15, -0.1) is 0 Å². The van der Waals surface area contributed by atoms with E-state index in [1.165, 1.54) is 25.0 Å². The molecule has 0 spiro atoms. The van der Waals surface area contributed by atoms with Crippen molar-refractivity contribution in [2.24, 2.45) is 5.92 Å². The molecule has 2 unspecified atom stereocenters. The second-order valence-corrected chi connectivity index (χ2v) is 4.47. The summed E-state index contributed by atoms with van der Waals surface area (Å²) in [5, 5.41) is 9.12. The van der Waals surface area contributed by atoms with Crippen LogP contribution in [0.15, 0.2) is 0 Å². The van der Waals surface area contributed by atoms with E-state index in [2.05, 4.69) is 13.2 Å². The molecule has 2 atom stereocenters. The minimum Gasteiger partial charge on any atom is -0.393 e. The quantitative estimate of drug-likeness (QED) is 0.666. The highest BCUT2D eigenvalue weighted by Crippen LogP contribution is 2.18. The van der Waals surface area contributed by atoms with Crippen LogP contribution in [0, 0.1) is 5.92 Å². The number of aliphatic hydroxyl groups excluding tert-OH is 1. The maximum Gasteiger partial charge on any atom is 0.0512 e. The lowest BCUT2D eigenvalue weighted by molar-refractivity contribution is 0.172. The molecule has 0 aliphatic carbocycles. The average Bonchev–Trinajstić information content (AvgIpc) is 2.05. The van der Waals surface area contributed by atoms with E-state index in [0.29, 0.717) is 0 Å². The van der Waals surface area contributed by atoms with E-state index in [1.807, 2.05) is 18.7 Å². The van der Waals surface area contributed by atoms with Crippen molar-refractivity contribution >= 4 is 11.8 Å². The van der Waals surface area contributed by atoms with E-state index in [0.717, 1.165) is 12.3 Å². The second-order valence-electron chi connectivity index (χ2n) is 3.48. The first-order valence-electron chi connectivity index (χ1n) is 4.87. The second kappa shape index (κ2) is 7.93. The standard InChI is InChI=1S/C10H22OS/c1-4-10(7-8-12-3)6-5-9(2)11/h9-11H,4-8H2,1-3H3. The van der Waals surface area contributed by atoms with Gasteiger partial charge in [-0.05, 0) is 44.1 Å². The third-order valence-corrected chi connectivity index (χ3v) is 2.94. The molecule has 0 aliphatic rings. The monoisotopic (exact) mass is 190 g/mol. The van der Waals surface area contributed by atoms with Crippen LogP contribution in [0.5, 0.6) is 0 Å². The molecule has 1 N–H and O–H groups in total. The molecule has 0 bridgehead atoms. The largest absolute Gasteiger partial charge is 0.393 e. The van der Waals surface area contributed by atoms with Crippen LogP contribution in [0.2, 0.25) is 0 Å². The normalized spacial score (nSPS) is 16.0. The van der Waals surface area contributed by atoms with Crippen molar-refractivity contribution in [3.05, 3.63) is 0 Å². The van der Waals surface area contributed by atoms with E-state index in [-0.39, 0.29) is 6.10 Å². The lowest BCUT2D eigenvalue weighted by atomic mass is 9.96. The molecule has 0 aliphatic heterocycles. The van der Waals surface area contributed by atoms with Crippen LogP contribution in [0.4, 0.5) is 0 Å². The van der Waals surface area contributed by atoms with Gasteiger partial charge in [0, 0.05) is 0 Å². The Hall–Kier alpha value is 0.310. The van der Waals surface area contributed by atoms with Gasteiger partial charge in [0.25, 0.3) is 0 Å². The van der Waals surface area contributed by atoms with Gasteiger partial charge in [-0.2, -0.15) is 11.8 Å². The summed E-state index contributed by atoms with van der Waals surface area (Å²) in [7, 11) is 0. The first-order chi connectivity index (χ1) is 5.70. The summed E-state index contributed by atoms with van der Waals surface area (Å²) >= 11 is 1.92. The minimum absolute atomic E-state index is 0.117. The van der Waals surface area contributed by atoms with Gasteiger partial charge in [-0.3, -0.25) is 0 Å². The summed E-state index contributed by atoms with van der Waals surface area (Å²) in [4.78, 5) is 0. The molecule has 0 aromatic heterocycles. The maximum atomic E-state index is 9.12. The molecular weight excluding hydrogens is 168 g/mol. The van der Waals surface area contributed by atoms with Gasteiger partial charge in [0.05, 0.1) is 6.10 Å². The van der Waals surface area contributed by atoms with Crippen LogP contribution in [-0.2, 0) is 0 Å². The summed E-state index contributed by atoms with van der Waals surface area (Å²) < 4.78 is 0. The Morgan fingerprint density at radius 3 is 2.33 bits per heavy atom. The molecule has 0 heterocycles. The van der Waals surface area contributed by atoms with Crippen LogP contribution in [0.25, 0.3) is 0 Å². The van der Waals surface area contributed by atoms with E-state index in [4.69, 9.17) is 5.11 Å². The van der Waals surface area contributed by atoms with Crippen molar-refractivity contribution < 1.29 is 5.11 Å². The van der Waals surface area contributed by atoms with Crippen LogP contribution in [-0.4, -0.2) is 23.2 Å². The van der Waals surface area contributed by atoms with Crippen LogP contribution in [0.3, 0.4) is 0 Å². The van der Waals surface area contributed by atoms with Crippen LogP contribution < -0.4 is 0 Å². The van der Waals surface area contributed by atoms with E-state index >= 15 is 0 Å². The summed E-state index contributed by atoms with van der Waals surface area (Å²) in [6, 6.07) is 0. The Morgan fingerprint density at radius 1 is 1.25 bits per heavy atom. The first-order valence-corrected chi connectivity index (χ1v) is 6.27. The van der Waals surface area contributed by atoms with Crippen molar-refractivity contribution in [1.29, 1.82) is 0 Å². The fourth-order valence-electron chi connectivity index (χ4n) is 1.31. The molecule has 1 nitrogen and oxygen atoms in total. The van der Waals surface area contributed by atoms with Gasteiger partial charge in [-0.1, -0.05) is 13.3 Å². The van der Waals surface area contributed by atoms with Crippen LogP contribution in [0.1, 0.15) is 39.5 Å². The molecule has 0 amide bonds. The van der Waals surface area contributed by atoms with E-state index in [9.17, 15) is 0 Å². The molecule has 0 aromatic rings. The highest BCUT2D eigenvalue weighted by atomic mass is 32.2. The van der Waals surface area contributed by atoms with Crippen LogP contribution >= 0.6 is 11.8 Å². The van der Waals surface area contributed by atoms with Gasteiger partial charge in [-0.25, -0.2) is 0 Å². The van der Waals surface area contributed by atoms with E-state index < -0.39 is 0 Å². The lowest BCUT2D eigenvalue weighted by Crippen LogP contribution is -2.06. The van der Waals surface area contributed by atoms with Gasteiger partial charge in [0.15, 0.2) is 0 Å². The molecule has 2 heteroatoms. The zero-order valence-corrected chi connectivity index (χ0v) is 9.36. The van der Waals surface area contributed by atoms with Crippen molar-refractivity contribution in [3.8, 4) is 0 Å². The highest BCUT2D eigenvalue weighted by Gasteiger charge is 2.06. The summed E-state index contributed by atoms with van der Waals surface area (Å²) in [6.07, 6.45) is 6.76. The van der Waals surface area contributed by atoms with Crippen molar-refractivity contribution in [3.63, 3.8) is 0 Å². The Balaban J connectivity index is 3.39. The molecule has 12 heavy (non-hydrogen) atoms. The molecular formula is C10H22OS. The maximum absolute atomic E-state index is 9.12. The third kappa shape index (κ3) is 6.99. The Morgan fingerprint density at radius 2 is 1.92 bits per heavy atom. The smallest absolute Gasteiger partial charge is 0.0512 e. The average molecular weight is 190 g/mol. The SMILES string of the molecule is CCC(CCSC)CCC(C)O. The fourth-order valence-corrected chi connectivity index (χ4v) is 1.88. The van der Waals surface area contributed by atoms with Gasteiger partial charge >= 0.3 is 0 Å². The number of hydrogen-bond donors (Lipinski definition) is 1. The highest BCUT2D eigenvalue weighted by molar-refractivity contribution is 7.98. The van der Waals surface area contributed by atoms with E-state index in [1.54, 1.807) is 0 Å². The lowest BCUT2D eigenvalue weighted by Gasteiger charge is -2.14. The summed E-state index contributed by atoms with van der Waals surface area (Å²) in [6.45, 7) is 4.12. The zero-order valence-electron chi connectivity index (χ0n) is 8.55. The zero-order chi connectivity index (χ0) is 9.40. The van der Waals surface area contributed by atoms with Gasteiger partial charge in [0.1, 0.15) is 0 Å². The molecule has 0 fully saturated rings. The Bertz CT molecular complexity index is 93.8. The minimum atomic E-state index is -0.117. The van der Waals surface area contributed by atoms with Gasteiger partial charge in [0.2, 0.25) is 0 Å². The van der Waals surface area contributed by atoms with Gasteiger partial charge < -0.3 is 5.11 Å². The number of rotatable bonds is 7. The molecule has 0 aromatic carbocycles. The summed E-state index contributed by atoms with van der Waals surface area (Å²) in [5.41, 5.74) is 0.